The molecule has 0 spiro atoms. The van der Waals surface area contributed by atoms with Crippen LogP contribution in [0, 0.1) is 6.92 Å². The van der Waals surface area contributed by atoms with E-state index in [2.05, 4.69) is 5.32 Å². The lowest BCUT2D eigenvalue weighted by atomic mass is 10.1. The zero-order valence-electron chi connectivity index (χ0n) is 16.9. The molecule has 3 rings (SSSR count). The van der Waals surface area contributed by atoms with Crippen molar-refractivity contribution >= 4 is 33.1 Å². The fourth-order valence-corrected chi connectivity index (χ4v) is 4.02. The molecule has 0 unspecified atom stereocenters. The number of nitrogens with zero attached hydrogens (tertiary/aromatic N) is 1. The SMILES string of the molecule is CC(=O)c1ccc(NC(=O)c2ccc(N(C)S(=O)(=O)c3ccc(C)cc3)cc2)cc1. The fraction of sp³-hybridized carbons (Fsp3) is 0.130. The number of Topliss-reactive ketones (excluding diaryl/α,β-unsaturated/α-hetero) is 1. The van der Waals surface area contributed by atoms with E-state index in [1.165, 1.54) is 18.3 Å². The van der Waals surface area contributed by atoms with Crippen LogP contribution in [-0.4, -0.2) is 27.2 Å². The molecule has 0 aliphatic heterocycles. The lowest BCUT2D eigenvalue weighted by molar-refractivity contribution is 0.101. The first-order valence-corrected chi connectivity index (χ1v) is 10.7. The number of anilines is 2. The topological polar surface area (TPSA) is 83.6 Å². The van der Waals surface area contributed by atoms with Gasteiger partial charge in [-0.25, -0.2) is 8.42 Å². The third-order valence-electron chi connectivity index (χ3n) is 4.72. The van der Waals surface area contributed by atoms with Crippen LogP contribution in [0.5, 0.6) is 0 Å². The highest BCUT2D eigenvalue weighted by Crippen LogP contribution is 2.23. The number of aryl methyl sites for hydroxylation is 1. The first-order chi connectivity index (χ1) is 14.2. The second-order valence-electron chi connectivity index (χ2n) is 6.92. The number of carbonyl (C=O) groups excluding carboxylic acids is 2. The van der Waals surface area contributed by atoms with Crippen LogP contribution in [0.2, 0.25) is 0 Å². The highest BCUT2D eigenvalue weighted by Gasteiger charge is 2.21. The van der Waals surface area contributed by atoms with Gasteiger partial charge in [0.1, 0.15) is 0 Å². The smallest absolute Gasteiger partial charge is 0.264 e. The summed E-state index contributed by atoms with van der Waals surface area (Å²) in [4.78, 5) is 24.0. The second-order valence-corrected chi connectivity index (χ2v) is 8.89. The van der Waals surface area contributed by atoms with Gasteiger partial charge in [0.2, 0.25) is 0 Å². The van der Waals surface area contributed by atoms with Crippen LogP contribution in [0.25, 0.3) is 0 Å². The Kier molecular flexibility index (Phi) is 6.03. The first-order valence-electron chi connectivity index (χ1n) is 9.26. The molecule has 1 amide bonds. The van der Waals surface area contributed by atoms with Gasteiger partial charge in [-0.15, -0.1) is 0 Å². The number of amides is 1. The number of rotatable bonds is 6. The van der Waals surface area contributed by atoms with E-state index >= 15 is 0 Å². The van der Waals surface area contributed by atoms with Crippen molar-refractivity contribution in [3.05, 3.63) is 89.5 Å². The van der Waals surface area contributed by atoms with Crippen molar-refractivity contribution in [3.8, 4) is 0 Å². The van der Waals surface area contributed by atoms with Gasteiger partial charge in [0.05, 0.1) is 10.6 Å². The van der Waals surface area contributed by atoms with Crippen molar-refractivity contribution in [2.24, 2.45) is 0 Å². The molecular formula is C23H22N2O4S. The minimum atomic E-state index is -3.70. The molecule has 3 aromatic rings. The van der Waals surface area contributed by atoms with Crippen molar-refractivity contribution < 1.29 is 18.0 Å². The van der Waals surface area contributed by atoms with Crippen LogP contribution in [0.15, 0.2) is 77.7 Å². The molecule has 154 valence electrons. The van der Waals surface area contributed by atoms with Gasteiger partial charge < -0.3 is 5.32 Å². The number of nitrogens with one attached hydrogen (secondary N) is 1. The van der Waals surface area contributed by atoms with Gasteiger partial charge in [-0.3, -0.25) is 13.9 Å². The van der Waals surface area contributed by atoms with Gasteiger partial charge in [0.15, 0.2) is 5.78 Å². The molecule has 0 fully saturated rings. The summed E-state index contributed by atoms with van der Waals surface area (Å²) in [5.41, 5.74) is 2.93. The minimum absolute atomic E-state index is 0.0480. The van der Waals surface area contributed by atoms with E-state index in [9.17, 15) is 18.0 Å². The van der Waals surface area contributed by atoms with E-state index in [0.29, 0.717) is 22.5 Å². The second kappa shape index (κ2) is 8.51. The van der Waals surface area contributed by atoms with Crippen LogP contribution in [-0.2, 0) is 10.0 Å². The van der Waals surface area contributed by atoms with Gasteiger partial charge in [0.25, 0.3) is 15.9 Å². The van der Waals surface area contributed by atoms with Gasteiger partial charge in [-0.05, 0) is 74.5 Å². The lowest BCUT2D eigenvalue weighted by Crippen LogP contribution is -2.26. The number of hydrogen-bond donors (Lipinski definition) is 1. The highest BCUT2D eigenvalue weighted by atomic mass is 32.2. The maximum Gasteiger partial charge on any atom is 0.264 e. The third kappa shape index (κ3) is 4.58. The van der Waals surface area contributed by atoms with Crippen molar-refractivity contribution in [1.29, 1.82) is 0 Å². The average Bonchev–Trinajstić information content (AvgIpc) is 2.74. The van der Waals surface area contributed by atoms with Crippen molar-refractivity contribution in [3.63, 3.8) is 0 Å². The minimum Gasteiger partial charge on any atom is -0.322 e. The average molecular weight is 423 g/mol. The zero-order valence-corrected chi connectivity index (χ0v) is 17.7. The van der Waals surface area contributed by atoms with Crippen molar-refractivity contribution in [2.75, 3.05) is 16.7 Å². The maximum absolute atomic E-state index is 12.8. The third-order valence-corrected chi connectivity index (χ3v) is 6.52. The molecule has 0 aromatic heterocycles. The number of benzene rings is 3. The Labute approximate surface area is 176 Å². The Hall–Kier alpha value is -3.45. The summed E-state index contributed by atoms with van der Waals surface area (Å²) >= 11 is 0. The summed E-state index contributed by atoms with van der Waals surface area (Å²) in [6.07, 6.45) is 0. The highest BCUT2D eigenvalue weighted by molar-refractivity contribution is 7.92. The lowest BCUT2D eigenvalue weighted by Gasteiger charge is -2.20. The molecule has 0 atom stereocenters. The Morgan fingerprint density at radius 2 is 1.33 bits per heavy atom. The monoisotopic (exact) mass is 422 g/mol. The van der Waals surface area contributed by atoms with E-state index in [0.717, 1.165) is 5.56 Å². The molecule has 0 heterocycles. The van der Waals surface area contributed by atoms with Gasteiger partial charge >= 0.3 is 0 Å². The first kappa shape index (κ1) is 21.3. The van der Waals surface area contributed by atoms with E-state index < -0.39 is 10.0 Å². The largest absolute Gasteiger partial charge is 0.322 e. The van der Waals surface area contributed by atoms with Crippen LogP contribution < -0.4 is 9.62 Å². The Balaban J connectivity index is 1.74. The Morgan fingerprint density at radius 3 is 1.87 bits per heavy atom. The van der Waals surface area contributed by atoms with Crippen LogP contribution in [0.1, 0.15) is 33.2 Å². The fourth-order valence-electron chi connectivity index (χ4n) is 2.82. The summed E-state index contributed by atoms with van der Waals surface area (Å²) < 4.78 is 26.8. The molecule has 0 bridgehead atoms. The van der Waals surface area contributed by atoms with Gasteiger partial charge in [0, 0.05) is 23.9 Å². The molecule has 1 N–H and O–H groups in total. The van der Waals surface area contributed by atoms with Crippen LogP contribution in [0.3, 0.4) is 0 Å². The molecular weight excluding hydrogens is 400 g/mol. The maximum atomic E-state index is 12.8. The van der Waals surface area contributed by atoms with E-state index in [-0.39, 0.29) is 16.6 Å². The van der Waals surface area contributed by atoms with Gasteiger partial charge in [-0.1, -0.05) is 17.7 Å². The van der Waals surface area contributed by atoms with Crippen LogP contribution >= 0.6 is 0 Å². The zero-order chi connectivity index (χ0) is 21.9. The molecule has 3 aromatic carbocycles. The summed E-state index contributed by atoms with van der Waals surface area (Å²) in [6, 6.07) is 19.5. The molecule has 0 saturated carbocycles. The number of hydrogen-bond acceptors (Lipinski definition) is 4. The number of sulfonamides is 1. The Morgan fingerprint density at radius 1 is 0.800 bits per heavy atom. The molecule has 0 radical (unpaired) electrons. The summed E-state index contributed by atoms with van der Waals surface area (Å²) in [5.74, 6) is -0.380. The van der Waals surface area contributed by atoms with E-state index in [1.807, 2.05) is 6.92 Å². The van der Waals surface area contributed by atoms with Gasteiger partial charge in [-0.2, -0.15) is 0 Å². The quantitative estimate of drug-likeness (QED) is 0.601. The molecule has 0 aliphatic carbocycles. The molecule has 6 nitrogen and oxygen atoms in total. The van der Waals surface area contributed by atoms with E-state index in [1.54, 1.807) is 72.8 Å². The predicted octanol–water partition coefficient (Wildman–Crippen LogP) is 4.28. The molecule has 7 heteroatoms. The summed E-state index contributed by atoms with van der Waals surface area (Å²) in [6.45, 7) is 3.37. The summed E-state index contributed by atoms with van der Waals surface area (Å²) in [5, 5.41) is 2.75. The van der Waals surface area contributed by atoms with Crippen molar-refractivity contribution in [1.82, 2.24) is 0 Å². The standard InChI is InChI=1S/C23H22N2O4S/c1-16-4-14-22(15-5-16)30(28,29)25(3)21-12-8-19(9-13-21)23(27)24-20-10-6-18(7-11-20)17(2)26/h4-15H,1-3H3,(H,24,27). The van der Waals surface area contributed by atoms with Crippen LogP contribution in [0.4, 0.5) is 11.4 Å². The molecule has 0 saturated heterocycles. The number of carbonyl (C=O) groups is 2. The molecule has 30 heavy (non-hydrogen) atoms. The van der Waals surface area contributed by atoms with E-state index in [4.69, 9.17) is 0 Å². The normalized spacial score (nSPS) is 11.0. The molecule has 0 aliphatic rings. The van der Waals surface area contributed by atoms with Crippen molar-refractivity contribution in [2.45, 2.75) is 18.7 Å². The predicted molar refractivity (Wildman–Crippen MR) is 118 cm³/mol. The summed E-state index contributed by atoms with van der Waals surface area (Å²) in [7, 11) is -2.22. The Bertz CT molecular complexity index is 1170. The number of ketones is 1.